The van der Waals surface area contributed by atoms with Gasteiger partial charge in [0.2, 0.25) is 11.8 Å². The molecule has 2 unspecified atom stereocenters. The van der Waals surface area contributed by atoms with Crippen molar-refractivity contribution in [3.8, 4) is 11.8 Å². The number of carbonyl (C=O) groups is 2. The number of ether oxygens (including phenoxy) is 2. The average Bonchev–Trinajstić information content (AvgIpc) is 3.12. The number of nitrogen functional groups attached to an aromatic ring is 1. The standard InChI is InChI=1S/C16H14ClFN2O2.C8H11N3O.C8H19N.C7H3Cl2FO.CH2Cl2/c1-9-8-22-16-13(20-9)5-10(7-19-16)6-14(21)15-11(17)3-2-4-12(15)18;1-5-4-12-8-7(11-5)2-6(9)3-10-8;1-6-9(7(2)3)8(4)5;8-4-2-1-3-5(10)6(4)7(9)11;2-1-3/h2-5,7,9,20H,6,8H2,1H3;2-3,5,11H,4,9H2,1H3;7-8H,6H2,1-5H3;1-3H;1H2. The van der Waals surface area contributed by atoms with Gasteiger partial charge in [-0.3, -0.25) is 14.5 Å². The summed E-state index contributed by atoms with van der Waals surface area (Å²) < 4.78 is 37.3. The molecule has 4 N–H and O–H groups in total. The van der Waals surface area contributed by atoms with E-state index in [1.165, 1.54) is 30.3 Å². The maximum absolute atomic E-state index is 13.8. The van der Waals surface area contributed by atoms with Crippen LogP contribution in [0.5, 0.6) is 11.8 Å². The summed E-state index contributed by atoms with van der Waals surface area (Å²) >= 11 is 26.0. The third kappa shape index (κ3) is 16.3. The molecule has 312 valence electrons. The SMILES string of the molecule is CC1COc2ncc(CC(=O)c3c(F)cccc3Cl)cc2N1.CC1COc2ncc(N)cc2N1.CCN(C(C)C)C(C)C.ClCCl.O=C(Cl)c1c(F)cccc1Cl. The summed E-state index contributed by atoms with van der Waals surface area (Å²) in [6, 6.07) is 13.6. The molecule has 4 aromatic rings. The van der Waals surface area contributed by atoms with Crippen LogP contribution in [0.4, 0.5) is 25.8 Å². The number of benzene rings is 2. The van der Waals surface area contributed by atoms with Crippen LogP contribution in [-0.2, 0) is 6.42 Å². The number of Topliss-reactive ketones (excluding diaryl/α,β-unsaturated/α-hetero) is 1. The van der Waals surface area contributed by atoms with Crippen LogP contribution in [0.1, 0.15) is 74.7 Å². The normalized spacial score (nSPS) is 14.8. The van der Waals surface area contributed by atoms with E-state index in [2.05, 4.69) is 60.1 Å². The number of alkyl halides is 2. The van der Waals surface area contributed by atoms with Crippen molar-refractivity contribution in [2.75, 3.05) is 41.5 Å². The van der Waals surface area contributed by atoms with Gasteiger partial charge in [-0.15, -0.1) is 23.2 Å². The van der Waals surface area contributed by atoms with Crippen LogP contribution in [0.25, 0.3) is 0 Å². The van der Waals surface area contributed by atoms with Crippen LogP contribution >= 0.6 is 58.0 Å². The fraction of sp³-hybridized carbons (Fsp3) is 0.400. The first-order chi connectivity index (χ1) is 26.9. The number of fused-ring (bicyclic) bond motifs is 2. The van der Waals surface area contributed by atoms with E-state index in [4.69, 9.17) is 73.2 Å². The van der Waals surface area contributed by atoms with Gasteiger partial charge in [-0.25, -0.2) is 18.7 Å². The van der Waals surface area contributed by atoms with Crippen molar-refractivity contribution in [3.05, 3.63) is 99.3 Å². The highest BCUT2D eigenvalue weighted by molar-refractivity contribution is 6.68. The first-order valence-corrected chi connectivity index (χ1v) is 20.2. The Kier molecular flexibility index (Phi) is 21.7. The third-order valence-corrected chi connectivity index (χ3v) is 8.80. The Morgan fingerprint density at radius 3 is 1.70 bits per heavy atom. The predicted octanol–water partition coefficient (Wildman–Crippen LogP) is 10.8. The number of nitrogens with one attached hydrogen (secondary N) is 2. The Morgan fingerprint density at radius 1 is 0.842 bits per heavy atom. The molecule has 17 heteroatoms. The maximum Gasteiger partial charge on any atom is 0.256 e. The van der Waals surface area contributed by atoms with Gasteiger partial charge in [0.1, 0.15) is 24.8 Å². The largest absolute Gasteiger partial charge is 0.474 e. The highest BCUT2D eigenvalue weighted by Crippen LogP contribution is 2.29. The Morgan fingerprint density at radius 2 is 1.30 bits per heavy atom. The number of ketones is 1. The van der Waals surface area contributed by atoms with E-state index >= 15 is 0 Å². The molecule has 2 atom stereocenters. The number of carbonyl (C=O) groups excluding carboxylic acids is 2. The molecule has 0 bridgehead atoms. The van der Waals surface area contributed by atoms with Gasteiger partial charge in [0.25, 0.3) is 5.24 Å². The molecule has 2 aromatic carbocycles. The lowest BCUT2D eigenvalue weighted by molar-refractivity contribution is 0.0988. The Labute approximate surface area is 358 Å². The lowest BCUT2D eigenvalue weighted by Crippen LogP contribution is -2.36. The van der Waals surface area contributed by atoms with E-state index in [1.54, 1.807) is 18.5 Å². The van der Waals surface area contributed by atoms with E-state index < -0.39 is 16.9 Å². The molecule has 57 heavy (non-hydrogen) atoms. The molecular weight excluding hydrogens is 844 g/mol. The first-order valence-electron chi connectivity index (χ1n) is 18.0. The quantitative estimate of drug-likeness (QED) is 0.0936. The van der Waals surface area contributed by atoms with Gasteiger partial charge in [-0.05, 0) is 102 Å². The fourth-order valence-electron chi connectivity index (χ4n) is 5.57. The van der Waals surface area contributed by atoms with Gasteiger partial charge in [0.05, 0.1) is 61.9 Å². The number of pyridine rings is 2. The molecule has 0 saturated heterocycles. The molecule has 0 radical (unpaired) electrons. The van der Waals surface area contributed by atoms with Crippen molar-refractivity contribution in [1.29, 1.82) is 0 Å². The smallest absolute Gasteiger partial charge is 0.256 e. The van der Waals surface area contributed by atoms with Crippen LogP contribution < -0.4 is 25.8 Å². The molecule has 6 rings (SSSR count). The molecule has 10 nitrogen and oxygen atoms in total. The molecule has 0 spiro atoms. The highest BCUT2D eigenvalue weighted by atomic mass is 35.5. The predicted molar refractivity (Wildman–Crippen MR) is 230 cm³/mol. The second-order valence-electron chi connectivity index (χ2n) is 13.2. The van der Waals surface area contributed by atoms with Crippen LogP contribution in [0.3, 0.4) is 0 Å². The second kappa shape index (κ2) is 25.0. The fourth-order valence-corrected chi connectivity index (χ4v) is 6.33. The van der Waals surface area contributed by atoms with Crippen molar-refractivity contribution in [2.45, 2.75) is 79.1 Å². The van der Waals surface area contributed by atoms with Gasteiger partial charge < -0.3 is 25.8 Å². The van der Waals surface area contributed by atoms with Gasteiger partial charge in [-0.2, -0.15) is 0 Å². The number of nitrogens with two attached hydrogens (primary N) is 1. The number of aromatic nitrogens is 2. The highest BCUT2D eigenvalue weighted by Gasteiger charge is 2.20. The third-order valence-electron chi connectivity index (χ3n) is 7.98. The minimum atomic E-state index is -0.881. The minimum absolute atomic E-state index is 0.0248. The summed E-state index contributed by atoms with van der Waals surface area (Å²) in [5.74, 6) is -0.536. The first kappa shape index (κ1) is 49.5. The molecule has 0 amide bonds. The number of anilines is 3. The molecule has 0 aliphatic carbocycles. The zero-order valence-electron chi connectivity index (χ0n) is 32.8. The zero-order chi connectivity index (χ0) is 42.8. The van der Waals surface area contributed by atoms with E-state index in [9.17, 15) is 18.4 Å². The molecule has 0 saturated carbocycles. The van der Waals surface area contributed by atoms with E-state index in [-0.39, 0.29) is 44.8 Å². The molecule has 2 aliphatic rings. The van der Waals surface area contributed by atoms with Crippen molar-refractivity contribution >= 4 is 86.1 Å². The van der Waals surface area contributed by atoms with Crippen molar-refractivity contribution < 1.29 is 27.8 Å². The number of hydrogen-bond donors (Lipinski definition) is 3. The van der Waals surface area contributed by atoms with Crippen LogP contribution in [0.15, 0.2) is 60.9 Å². The summed E-state index contributed by atoms with van der Waals surface area (Å²) in [4.78, 5) is 33.5. The lowest BCUT2D eigenvalue weighted by Gasteiger charge is -2.28. The molecule has 4 heterocycles. The van der Waals surface area contributed by atoms with E-state index in [0.29, 0.717) is 54.4 Å². The molecule has 0 fully saturated rings. The number of rotatable bonds is 7. The molecular formula is C40H49Cl5F2N6O4. The lowest BCUT2D eigenvalue weighted by atomic mass is 10.0. The van der Waals surface area contributed by atoms with Crippen molar-refractivity contribution in [1.82, 2.24) is 14.9 Å². The average molecular weight is 893 g/mol. The minimum Gasteiger partial charge on any atom is -0.474 e. The monoisotopic (exact) mass is 890 g/mol. The summed E-state index contributed by atoms with van der Waals surface area (Å²) in [5.41, 5.74) is 8.17. The number of hydrogen-bond acceptors (Lipinski definition) is 10. The van der Waals surface area contributed by atoms with Gasteiger partial charge >= 0.3 is 0 Å². The van der Waals surface area contributed by atoms with Crippen LogP contribution in [0, 0.1) is 11.6 Å². The zero-order valence-corrected chi connectivity index (χ0v) is 36.6. The van der Waals surface area contributed by atoms with Crippen molar-refractivity contribution in [3.63, 3.8) is 0 Å². The topological polar surface area (TPSA) is 132 Å². The number of halogens is 7. The van der Waals surface area contributed by atoms with Gasteiger partial charge in [0, 0.05) is 24.7 Å². The van der Waals surface area contributed by atoms with Crippen LogP contribution in [-0.4, -0.2) is 75.2 Å². The van der Waals surface area contributed by atoms with E-state index in [0.717, 1.165) is 24.0 Å². The number of nitrogens with zero attached hydrogens (tertiary/aromatic N) is 3. The van der Waals surface area contributed by atoms with Gasteiger partial charge in [0.15, 0.2) is 5.78 Å². The molecule has 2 aromatic heterocycles. The van der Waals surface area contributed by atoms with Crippen LogP contribution in [0.2, 0.25) is 10.0 Å². The molecule has 2 aliphatic heterocycles. The second-order valence-corrected chi connectivity index (χ2v) is 15.2. The maximum atomic E-state index is 13.8. The summed E-state index contributed by atoms with van der Waals surface area (Å²) in [5, 5.41) is 5.93. The Bertz CT molecular complexity index is 1860. The Balaban J connectivity index is 0.000000274. The summed E-state index contributed by atoms with van der Waals surface area (Å²) in [6.07, 6.45) is 3.18. The van der Waals surface area contributed by atoms with Gasteiger partial charge in [-0.1, -0.05) is 42.3 Å². The Hall–Kier alpha value is -3.65. The van der Waals surface area contributed by atoms with Crippen molar-refractivity contribution in [2.24, 2.45) is 0 Å². The summed E-state index contributed by atoms with van der Waals surface area (Å²) in [7, 11) is 0. The van der Waals surface area contributed by atoms with E-state index in [1.807, 2.05) is 19.9 Å². The summed E-state index contributed by atoms with van der Waals surface area (Å²) in [6.45, 7) is 17.6.